The van der Waals surface area contributed by atoms with Crippen molar-refractivity contribution < 1.29 is 5.11 Å². The second-order valence-corrected chi connectivity index (χ2v) is 4.86. The summed E-state index contributed by atoms with van der Waals surface area (Å²) in [6, 6.07) is 5.40. The summed E-state index contributed by atoms with van der Waals surface area (Å²) in [7, 11) is 3.79. The van der Waals surface area contributed by atoms with Gasteiger partial charge < -0.3 is 10.0 Å². The number of benzene rings is 1. The molecular weight excluding hydrogens is 254 g/mol. The largest absolute Gasteiger partial charge is 0.508 e. The van der Waals surface area contributed by atoms with Crippen molar-refractivity contribution in [2.24, 2.45) is 0 Å². The molecule has 1 aromatic carbocycles. The van der Waals surface area contributed by atoms with Crippen LogP contribution in [0.2, 0.25) is 0 Å². The van der Waals surface area contributed by atoms with E-state index in [1.165, 1.54) is 0 Å². The number of nitrogens with zero attached hydrogens (tertiary/aromatic N) is 5. The van der Waals surface area contributed by atoms with Crippen molar-refractivity contribution in [1.29, 1.82) is 0 Å². The van der Waals surface area contributed by atoms with Gasteiger partial charge in [0.1, 0.15) is 17.6 Å². The second-order valence-electron chi connectivity index (χ2n) is 4.86. The molecule has 0 radical (unpaired) electrons. The summed E-state index contributed by atoms with van der Waals surface area (Å²) in [6.07, 6.45) is 3.42. The van der Waals surface area contributed by atoms with Crippen LogP contribution >= 0.6 is 0 Å². The Morgan fingerprint density at radius 3 is 2.70 bits per heavy atom. The maximum atomic E-state index is 9.61. The molecule has 0 saturated heterocycles. The van der Waals surface area contributed by atoms with Crippen LogP contribution in [0.5, 0.6) is 5.75 Å². The van der Waals surface area contributed by atoms with Gasteiger partial charge in [0.25, 0.3) is 0 Å². The number of aromatic nitrogens is 4. The summed E-state index contributed by atoms with van der Waals surface area (Å²) in [5.74, 6) is 0.913. The van der Waals surface area contributed by atoms with Crippen molar-refractivity contribution in [1.82, 2.24) is 19.5 Å². The summed E-state index contributed by atoms with van der Waals surface area (Å²) in [4.78, 5) is 14.9. The zero-order chi connectivity index (χ0) is 14.3. The van der Waals surface area contributed by atoms with Crippen molar-refractivity contribution in [3.8, 4) is 11.4 Å². The molecule has 6 nitrogen and oxygen atoms in total. The van der Waals surface area contributed by atoms with Gasteiger partial charge in [-0.25, -0.2) is 9.97 Å². The van der Waals surface area contributed by atoms with Gasteiger partial charge in [0.2, 0.25) is 5.95 Å². The van der Waals surface area contributed by atoms with Crippen molar-refractivity contribution in [2.45, 2.75) is 6.92 Å². The molecule has 0 bridgehead atoms. The van der Waals surface area contributed by atoms with Crippen LogP contribution < -0.4 is 4.90 Å². The van der Waals surface area contributed by atoms with E-state index in [1.54, 1.807) is 18.6 Å². The average Bonchev–Trinajstić information content (AvgIpc) is 2.84. The van der Waals surface area contributed by atoms with Gasteiger partial charge in [0.05, 0.1) is 6.20 Å². The van der Waals surface area contributed by atoms with Crippen LogP contribution in [0.25, 0.3) is 16.9 Å². The van der Waals surface area contributed by atoms with Crippen LogP contribution in [0.4, 0.5) is 5.95 Å². The van der Waals surface area contributed by atoms with Crippen LogP contribution in [0.3, 0.4) is 0 Å². The number of phenols is 1. The molecule has 0 unspecified atom stereocenters. The fourth-order valence-electron chi connectivity index (χ4n) is 1.99. The van der Waals surface area contributed by atoms with Gasteiger partial charge in [0, 0.05) is 19.8 Å². The third-order valence-corrected chi connectivity index (χ3v) is 3.14. The summed E-state index contributed by atoms with van der Waals surface area (Å²) < 4.78 is 1.89. The molecule has 3 rings (SSSR count). The Morgan fingerprint density at radius 2 is 2.00 bits per heavy atom. The van der Waals surface area contributed by atoms with Gasteiger partial charge in [-0.3, -0.25) is 4.57 Å². The molecule has 102 valence electrons. The van der Waals surface area contributed by atoms with E-state index in [9.17, 15) is 5.11 Å². The van der Waals surface area contributed by atoms with Crippen LogP contribution in [0.1, 0.15) is 5.56 Å². The molecular formula is C14H15N5O. The van der Waals surface area contributed by atoms with E-state index in [0.717, 1.165) is 22.4 Å². The Labute approximate surface area is 116 Å². The van der Waals surface area contributed by atoms with Crippen molar-refractivity contribution in [3.05, 3.63) is 36.3 Å². The van der Waals surface area contributed by atoms with E-state index >= 15 is 0 Å². The molecule has 0 saturated carbocycles. The van der Waals surface area contributed by atoms with Crippen LogP contribution in [-0.4, -0.2) is 38.7 Å². The van der Waals surface area contributed by atoms with E-state index in [4.69, 9.17) is 0 Å². The Morgan fingerprint density at radius 1 is 1.20 bits per heavy atom. The van der Waals surface area contributed by atoms with Gasteiger partial charge in [-0.05, 0) is 30.7 Å². The maximum Gasteiger partial charge on any atom is 0.226 e. The lowest BCUT2D eigenvalue weighted by Gasteiger charge is -2.10. The van der Waals surface area contributed by atoms with E-state index in [2.05, 4.69) is 15.0 Å². The smallest absolute Gasteiger partial charge is 0.226 e. The van der Waals surface area contributed by atoms with Gasteiger partial charge in [-0.1, -0.05) is 0 Å². The molecule has 0 fully saturated rings. The van der Waals surface area contributed by atoms with Gasteiger partial charge >= 0.3 is 0 Å². The van der Waals surface area contributed by atoms with E-state index in [1.807, 2.05) is 42.6 Å². The lowest BCUT2D eigenvalue weighted by molar-refractivity contribution is 0.471. The fourth-order valence-corrected chi connectivity index (χ4v) is 1.99. The lowest BCUT2D eigenvalue weighted by Crippen LogP contribution is -2.12. The summed E-state index contributed by atoms with van der Waals surface area (Å²) in [5.41, 5.74) is 3.20. The maximum absolute atomic E-state index is 9.61. The summed E-state index contributed by atoms with van der Waals surface area (Å²) in [6.45, 7) is 1.86. The van der Waals surface area contributed by atoms with Gasteiger partial charge in [-0.2, -0.15) is 4.98 Å². The molecule has 20 heavy (non-hydrogen) atoms. The molecule has 0 atom stereocenters. The SMILES string of the molecule is Cc1cc(-n2cnc3cnc(N(C)C)nc32)ccc1O. The minimum absolute atomic E-state index is 0.279. The molecule has 1 N–H and O–H groups in total. The molecule has 0 aliphatic rings. The van der Waals surface area contributed by atoms with E-state index in [-0.39, 0.29) is 5.75 Å². The first-order chi connectivity index (χ1) is 9.56. The number of fused-ring (bicyclic) bond motifs is 1. The molecule has 0 aliphatic carbocycles. The van der Waals surface area contributed by atoms with Crippen molar-refractivity contribution >= 4 is 17.1 Å². The minimum Gasteiger partial charge on any atom is -0.508 e. The number of rotatable bonds is 2. The number of imidazole rings is 1. The van der Waals surface area contributed by atoms with Crippen LogP contribution in [0.15, 0.2) is 30.7 Å². The van der Waals surface area contributed by atoms with Crippen LogP contribution in [-0.2, 0) is 0 Å². The molecule has 6 heteroatoms. The molecule has 2 heterocycles. The predicted molar refractivity (Wildman–Crippen MR) is 77.4 cm³/mol. The summed E-state index contributed by atoms with van der Waals surface area (Å²) >= 11 is 0. The Balaban J connectivity index is 2.20. The zero-order valence-corrected chi connectivity index (χ0v) is 11.6. The number of aryl methyl sites for hydroxylation is 1. The molecule has 3 aromatic rings. The van der Waals surface area contributed by atoms with E-state index in [0.29, 0.717) is 5.95 Å². The van der Waals surface area contributed by atoms with Gasteiger partial charge in [0.15, 0.2) is 5.65 Å². The minimum atomic E-state index is 0.279. The highest BCUT2D eigenvalue weighted by atomic mass is 16.3. The highest BCUT2D eigenvalue weighted by molar-refractivity contribution is 5.73. The quantitative estimate of drug-likeness (QED) is 0.769. The van der Waals surface area contributed by atoms with Crippen molar-refractivity contribution in [2.75, 3.05) is 19.0 Å². The highest BCUT2D eigenvalue weighted by Crippen LogP contribution is 2.22. The fraction of sp³-hybridized carbons (Fsp3) is 0.214. The topological polar surface area (TPSA) is 67.1 Å². The average molecular weight is 269 g/mol. The van der Waals surface area contributed by atoms with Crippen LogP contribution in [0, 0.1) is 6.92 Å². The lowest BCUT2D eigenvalue weighted by atomic mass is 10.2. The number of hydrogen-bond acceptors (Lipinski definition) is 5. The Hall–Kier alpha value is -2.63. The second kappa shape index (κ2) is 4.48. The molecule has 0 aliphatic heterocycles. The zero-order valence-electron chi connectivity index (χ0n) is 11.6. The molecule has 2 aromatic heterocycles. The number of hydrogen-bond donors (Lipinski definition) is 1. The van der Waals surface area contributed by atoms with E-state index < -0.39 is 0 Å². The number of aromatic hydroxyl groups is 1. The third kappa shape index (κ3) is 1.95. The van der Waals surface area contributed by atoms with Gasteiger partial charge in [-0.15, -0.1) is 0 Å². The molecule has 0 spiro atoms. The van der Waals surface area contributed by atoms with Crippen molar-refractivity contribution in [3.63, 3.8) is 0 Å². The monoisotopic (exact) mass is 269 g/mol. The standard InChI is InChI=1S/C14H15N5O/c1-9-6-10(4-5-12(9)20)19-8-16-11-7-15-14(18(2)3)17-13(11)19/h4-8,20H,1-3H3. The Bertz CT molecular complexity index is 778. The number of anilines is 1. The normalized spacial score (nSPS) is 10.9. The first-order valence-corrected chi connectivity index (χ1v) is 6.23. The molecule has 0 amide bonds. The first-order valence-electron chi connectivity index (χ1n) is 6.23. The number of phenolic OH excluding ortho intramolecular Hbond substituents is 1. The highest BCUT2D eigenvalue weighted by Gasteiger charge is 2.10. The first kappa shape index (κ1) is 12.4. The Kier molecular flexibility index (Phi) is 2.78. The predicted octanol–water partition coefficient (Wildman–Crippen LogP) is 1.90. The summed E-state index contributed by atoms with van der Waals surface area (Å²) in [5, 5.41) is 9.61. The third-order valence-electron chi connectivity index (χ3n) is 3.14.